The first kappa shape index (κ1) is 18.5. The molecule has 0 saturated carbocycles. The number of nitrogens with one attached hydrogen (secondary N) is 1. The molecule has 3 amide bonds. The minimum Gasteiger partial charge on any atom is -0.307 e. The second kappa shape index (κ2) is 6.66. The minimum atomic E-state index is -1.39. The van der Waals surface area contributed by atoms with Gasteiger partial charge < -0.3 is 4.90 Å². The topological polar surface area (TPSA) is 95.5 Å². The van der Waals surface area contributed by atoms with Crippen molar-refractivity contribution in [1.82, 2.24) is 15.1 Å². The van der Waals surface area contributed by atoms with Gasteiger partial charge in [0, 0.05) is 25.3 Å². The molecule has 0 aliphatic carbocycles. The average molecular weight is 399 g/mol. The van der Waals surface area contributed by atoms with Crippen LogP contribution < -0.4 is 10.2 Å². The largest absolute Gasteiger partial charge is 0.307 e. The summed E-state index contributed by atoms with van der Waals surface area (Å²) in [5.74, 6) is -0.663. The molecule has 0 radical (unpaired) electrons. The number of nitrogens with zero attached hydrogens (tertiary/aromatic N) is 4. The van der Waals surface area contributed by atoms with Crippen LogP contribution >= 0.6 is 11.3 Å². The maximum Gasteiger partial charge on any atom is 0.273 e. The highest BCUT2D eigenvalue weighted by molar-refractivity contribution is 7.15. The van der Waals surface area contributed by atoms with Gasteiger partial charge in [-0.05, 0) is 19.1 Å². The van der Waals surface area contributed by atoms with Gasteiger partial charge in [0.05, 0.1) is 11.3 Å². The third kappa shape index (κ3) is 2.53. The molecule has 3 heterocycles. The van der Waals surface area contributed by atoms with Crippen LogP contribution in [0.2, 0.25) is 0 Å². The van der Waals surface area contributed by atoms with Crippen molar-refractivity contribution in [2.24, 2.45) is 0 Å². The molecule has 0 unspecified atom stereocenters. The van der Waals surface area contributed by atoms with Gasteiger partial charge in [0.1, 0.15) is 5.01 Å². The van der Waals surface area contributed by atoms with E-state index in [-0.39, 0.29) is 30.6 Å². The summed E-state index contributed by atoms with van der Waals surface area (Å²) >= 11 is 1.30. The molecule has 2 aliphatic heterocycles. The maximum absolute atomic E-state index is 13.5. The van der Waals surface area contributed by atoms with Crippen LogP contribution in [0.3, 0.4) is 0 Å². The quantitative estimate of drug-likeness (QED) is 0.853. The lowest BCUT2D eigenvalue weighted by Crippen LogP contribution is -2.69. The molecule has 1 fully saturated rings. The summed E-state index contributed by atoms with van der Waals surface area (Å²) in [7, 11) is 0. The van der Waals surface area contributed by atoms with E-state index >= 15 is 0 Å². The van der Waals surface area contributed by atoms with Crippen LogP contribution in [0.25, 0.3) is 0 Å². The summed E-state index contributed by atoms with van der Waals surface area (Å²) < 4.78 is 0. The maximum atomic E-state index is 13.5. The Morgan fingerprint density at radius 1 is 1.29 bits per heavy atom. The van der Waals surface area contributed by atoms with Gasteiger partial charge in [-0.3, -0.25) is 24.6 Å². The molecule has 8 nitrogen and oxygen atoms in total. The number of aromatic nitrogens is 2. The average Bonchev–Trinajstić information content (AvgIpc) is 3.28. The van der Waals surface area contributed by atoms with Crippen molar-refractivity contribution in [3.8, 4) is 0 Å². The SMILES string of the molecule is CCN1C(=O)c2ccccc2N2C(=O)CC[C@@]12C(=O)Nc1nnc(C(C)C)s1. The molecular formula is C19H21N5O3S. The molecule has 1 N–H and O–H groups in total. The van der Waals surface area contributed by atoms with Crippen LogP contribution in [-0.4, -0.2) is 45.0 Å². The summed E-state index contributed by atoms with van der Waals surface area (Å²) in [5.41, 5.74) is -0.475. The fraction of sp³-hybridized carbons (Fsp3) is 0.421. The second-order valence-corrected chi connectivity index (χ2v) is 8.18. The normalized spacial score (nSPS) is 21.1. The molecule has 2 aromatic rings. The van der Waals surface area contributed by atoms with E-state index < -0.39 is 11.6 Å². The predicted octanol–water partition coefficient (Wildman–Crippen LogP) is 2.60. The van der Waals surface area contributed by atoms with Crippen LogP contribution in [0.15, 0.2) is 24.3 Å². The van der Waals surface area contributed by atoms with Gasteiger partial charge in [-0.25, -0.2) is 0 Å². The van der Waals surface area contributed by atoms with E-state index in [0.29, 0.717) is 22.9 Å². The first-order valence-electron chi connectivity index (χ1n) is 9.29. The fourth-order valence-electron chi connectivity index (χ4n) is 3.92. The number of amides is 3. The smallest absolute Gasteiger partial charge is 0.273 e. The monoisotopic (exact) mass is 399 g/mol. The van der Waals surface area contributed by atoms with Crippen LogP contribution in [0.4, 0.5) is 10.8 Å². The first-order valence-corrected chi connectivity index (χ1v) is 10.1. The summed E-state index contributed by atoms with van der Waals surface area (Å²) in [4.78, 5) is 42.3. The lowest BCUT2D eigenvalue weighted by molar-refractivity contribution is -0.128. The highest BCUT2D eigenvalue weighted by Gasteiger charge is 2.60. The van der Waals surface area contributed by atoms with Crippen LogP contribution in [0.1, 0.15) is 54.9 Å². The molecule has 2 aliphatic rings. The molecule has 28 heavy (non-hydrogen) atoms. The molecule has 1 aromatic carbocycles. The van der Waals surface area contributed by atoms with Gasteiger partial charge in [-0.1, -0.05) is 37.3 Å². The Labute approximate surface area is 166 Å². The lowest BCUT2D eigenvalue weighted by Gasteiger charge is -2.48. The predicted molar refractivity (Wildman–Crippen MR) is 105 cm³/mol. The van der Waals surface area contributed by atoms with Gasteiger partial charge in [0.15, 0.2) is 0 Å². The Kier molecular flexibility index (Phi) is 4.41. The number of benzene rings is 1. The van der Waals surface area contributed by atoms with E-state index in [4.69, 9.17) is 0 Å². The summed E-state index contributed by atoms with van der Waals surface area (Å²) in [6, 6.07) is 6.93. The molecule has 1 atom stereocenters. The first-order chi connectivity index (χ1) is 13.4. The number of anilines is 2. The van der Waals surface area contributed by atoms with Gasteiger partial charge in [0.2, 0.25) is 16.7 Å². The molecule has 1 saturated heterocycles. The second-order valence-electron chi connectivity index (χ2n) is 7.17. The standard InChI is InChI=1S/C19H21N5O3S/c1-4-23-16(26)12-7-5-6-8-13(12)24-14(25)9-10-19(23,24)17(27)20-18-22-21-15(28-18)11(2)3/h5-8,11H,4,9-10H2,1-3H3,(H,20,22,27)/t19-/m1/s1. The third-order valence-corrected chi connectivity index (χ3v) is 6.35. The van der Waals surface area contributed by atoms with Crippen molar-refractivity contribution >= 4 is 39.9 Å². The number of carbonyl (C=O) groups excluding carboxylic acids is 3. The zero-order chi connectivity index (χ0) is 20.1. The van der Waals surface area contributed by atoms with E-state index in [1.807, 2.05) is 20.8 Å². The Morgan fingerprint density at radius 3 is 2.71 bits per heavy atom. The van der Waals surface area contributed by atoms with Crippen molar-refractivity contribution in [2.45, 2.75) is 45.2 Å². The minimum absolute atomic E-state index is 0.173. The molecule has 9 heteroatoms. The van der Waals surface area contributed by atoms with Crippen molar-refractivity contribution in [3.05, 3.63) is 34.8 Å². The fourth-order valence-corrected chi connectivity index (χ4v) is 4.66. The Bertz CT molecular complexity index is 972. The van der Waals surface area contributed by atoms with Gasteiger partial charge in [0.25, 0.3) is 11.8 Å². The van der Waals surface area contributed by atoms with Gasteiger partial charge in [-0.2, -0.15) is 0 Å². The Balaban J connectivity index is 1.78. The molecule has 0 spiro atoms. The van der Waals surface area contributed by atoms with Crippen LogP contribution in [-0.2, 0) is 9.59 Å². The van der Waals surface area contributed by atoms with E-state index in [1.54, 1.807) is 24.3 Å². The highest BCUT2D eigenvalue weighted by Crippen LogP contribution is 2.45. The number of rotatable bonds is 4. The Morgan fingerprint density at radius 2 is 2.04 bits per heavy atom. The van der Waals surface area contributed by atoms with Gasteiger partial charge in [-0.15, -0.1) is 10.2 Å². The molecule has 0 bridgehead atoms. The number of hydrogen-bond acceptors (Lipinski definition) is 6. The van der Waals surface area contributed by atoms with Crippen molar-refractivity contribution < 1.29 is 14.4 Å². The van der Waals surface area contributed by atoms with E-state index in [1.165, 1.54) is 21.1 Å². The lowest BCUT2D eigenvalue weighted by atomic mass is 9.95. The summed E-state index contributed by atoms with van der Waals surface area (Å²) in [6.45, 7) is 6.11. The number of likely N-dealkylation sites (N-methyl/N-ethyl adjacent to an activating group) is 1. The summed E-state index contributed by atoms with van der Waals surface area (Å²) in [6.07, 6.45) is 0.431. The molecule has 4 rings (SSSR count). The molecule has 146 valence electrons. The zero-order valence-electron chi connectivity index (χ0n) is 15.9. The number of para-hydroxylation sites is 1. The van der Waals surface area contributed by atoms with E-state index in [2.05, 4.69) is 15.5 Å². The molecular weight excluding hydrogens is 378 g/mol. The number of carbonyl (C=O) groups is 3. The number of fused-ring (bicyclic) bond motifs is 3. The van der Waals surface area contributed by atoms with Crippen molar-refractivity contribution in [1.29, 1.82) is 0 Å². The zero-order valence-corrected chi connectivity index (χ0v) is 16.7. The van der Waals surface area contributed by atoms with Crippen LogP contribution in [0.5, 0.6) is 0 Å². The van der Waals surface area contributed by atoms with Gasteiger partial charge >= 0.3 is 0 Å². The summed E-state index contributed by atoms with van der Waals surface area (Å²) in [5, 5.41) is 12.1. The van der Waals surface area contributed by atoms with E-state index in [0.717, 1.165) is 5.01 Å². The third-order valence-electron chi connectivity index (χ3n) is 5.21. The van der Waals surface area contributed by atoms with Crippen molar-refractivity contribution in [3.63, 3.8) is 0 Å². The Hall–Kier alpha value is -2.81. The van der Waals surface area contributed by atoms with E-state index in [9.17, 15) is 14.4 Å². The highest BCUT2D eigenvalue weighted by atomic mass is 32.1. The molecule has 1 aromatic heterocycles. The number of hydrogen-bond donors (Lipinski definition) is 1. The van der Waals surface area contributed by atoms with Crippen molar-refractivity contribution in [2.75, 3.05) is 16.8 Å². The van der Waals surface area contributed by atoms with Crippen LogP contribution in [0, 0.1) is 0 Å².